The van der Waals surface area contributed by atoms with E-state index in [1.807, 2.05) is 20.0 Å². The van der Waals surface area contributed by atoms with Gasteiger partial charge in [0.05, 0.1) is 6.61 Å². The van der Waals surface area contributed by atoms with Crippen LogP contribution in [0.15, 0.2) is 12.3 Å². The summed E-state index contributed by atoms with van der Waals surface area (Å²) in [5.41, 5.74) is 2.51. The zero-order chi connectivity index (χ0) is 10.8. The van der Waals surface area contributed by atoms with E-state index in [1.165, 1.54) is 5.56 Å². The van der Waals surface area contributed by atoms with Crippen molar-refractivity contribution < 1.29 is 4.74 Å². The molecule has 0 aliphatic carbocycles. The molecule has 0 aromatic carbocycles. The molecule has 2 nitrogen and oxygen atoms in total. The third-order valence-corrected chi connectivity index (χ3v) is 2.18. The molecule has 0 spiro atoms. The number of aryl methyl sites for hydroxylation is 1. The molecular weight excluding hydrogens is 174 g/mol. The summed E-state index contributed by atoms with van der Waals surface area (Å²) in [5, 5.41) is 0. The Morgan fingerprint density at radius 1 is 1.36 bits per heavy atom. The second-order valence-electron chi connectivity index (χ2n) is 4.53. The van der Waals surface area contributed by atoms with Gasteiger partial charge in [0.1, 0.15) is 0 Å². The molecule has 0 bridgehead atoms. The quantitative estimate of drug-likeness (QED) is 0.720. The van der Waals surface area contributed by atoms with Crippen molar-refractivity contribution >= 4 is 0 Å². The molecule has 0 atom stereocenters. The lowest BCUT2D eigenvalue weighted by molar-refractivity contribution is 0.323. The minimum absolute atomic E-state index is 0.155. The van der Waals surface area contributed by atoms with E-state index in [1.54, 1.807) is 0 Å². The maximum Gasteiger partial charge on any atom is 0.216 e. The molecule has 0 N–H and O–H groups in total. The van der Waals surface area contributed by atoms with Crippen molar-refractivity contribution in [3.05, 3.63) is 23.4 Å². The number of aromatic nitrogens is 1. The predicted molar refractivity (Wildman–Crippen MR) is 58.8 cm³/mol. The van der Waals surface area contributed by atoms with E-state index in [2.05, 4.69) is 31.8 Å². The SMILES string of the molecule is CCOc1ncc(C(C)(C)C)cc1C. The highest BCUT2D eigenvalue weighted by molar-refractivity contribution is 5.31. The highest BCUT2D eigenvalue weighted by Crippen LogP contribution is 2.25. The van der Waals surface area contributed by atoms with E-state index < -0.39 is 0 Å². The average Bonchev–Trinajstić information content (AvgIpc) is 2.07. The minimum Gasteiger partial charge on any atom is -0.478 e. The molecule has 0 saturated heterocycles. The van der Waals surface area contributed by atoms with E-state index in [9.17, 15) is 0 Å². The molecule has 0 radical (unpaired) electrons. The summed E-state index contributed by atoms with van der Waals surface area (Å²) in [5.74, 6) is 0.750. The predicted octanol–water partition coefficient (Wildman–Crippen LogP) is 3.09. The number of ether oxygens (including phenoxy) is 1. The van der Waals surface area contributed by atoms with Gasteiger partial charge in [-0.05, 0) is 30.9 Å². The number of pyridine rings is 1. The first-order valence-corrected chi connectivity index (χ1v) is 5.05. The van der Waals surface area contributed by atoms with Gasteiger partial charge in [-0.15, -0.1) is 0 Å². The Hall–Kier alpha value is -1.05. The molecule has 1 aromatic rings. The first-order chi connectivity index (χ1) is 6.45. The second-order valence-corrected chi connectivity index (χ2v) is 4.53. The highest BCUT2D eigenvalue weighted by atomic mass is 16.5. The summed E-state index contributed by atoms with van der Waals surface area (Å²) in [4.78, 5) is 4.31. The van der Waals surface area contributed by atoms with Crippen LogP contribution in [-0.4, -0.2) is 11.6 Å². The lowest BCUT2D eigenvalue weighted by atomic mass is 9.88. The van der Waals surface area contributed by atoms with Gasteiger partial charge in [0.15, 0.2) is 0 Å². The molecule has 0 saturated carbocycles. The minimum atomic E-state index is 0.155. The van der Waals surface area contributed by atoms with Gasteiger partial charge in [-0.1, -0.05) is 20.8 Å². The lowest BCUT2D eigenvalue weighted by Crippen LogP contribution is -2.12. The summed E-state index contributed by atoms with van der Waals surface area (Å²) in [7, 11) is 0. The molecule has 1 rings (SSSR count). The van der Waals surface area contributed by atoms with Crippen molar-refractivity contribution in [1.82, 2.24) is 4.98 Å². The molecule has 0 aliphatic rings. The van der Waals surface area contributed by atoms with Crippen molar-refractivity contribution in [3.8, 4) is 5.88 Å². The van der Waals surface area contributed by atoms with Crippen LogP contribution in [0.2, 0.25) is 0 Å². The van der Waals surface area contributed by atoms with Gasteiger partial charge in [0.2, 0.25) is 5.88 Å². The van der Waals surface area contributed by atoms with Gasteiger partial charge in [-0.3, -0.25) is 0 Å². The maximum absolute atomic E-state index is 5.39. The Morgan fingerprint density at radius 3 is 2.43 bits per heavy atom. The van der Waals surface area contributed by atoms with Crippen LogP contribution in [0.5, 0.6) is 5.88 Å². The third-order valence-electron chi connectivity index (χ3n) is 2.18. The van der Waals surface area contributed by atoms with E-state index in [0.29, 0.717) is 6.61 Å². The summed E-state index contributed by atoms with van der Waals surface area (Å²) >= 11 is 0. The van der Waals surface area contributed by atoms with Crippen molar-refractivity contribution in [2.45, 2.75) is 40.0 Å². The van der Waals surface area contributed by atoms with Crippen LogP contribution in [0.3, 0.4) is 0 Å². The van der Waals surface area contributed by atoms with Crippen LogP contribution in [0.1, 0.15) is 38.8 Å². The molecule has 1 aromatic heterocycles. The van der Waals surface area contributed by atoms with E-state index in [0.717, 1.165) is 11.4 Å². The molecular formula is C12H19NO. The van der Waals surface area contributed by atoms with Gasteiger partial charge in [0, 0.05) is 11.8 Å². The summed E-state index contributed by atoms with van der Waals surface area (Å²) < 4.78 is 5.39. The van der Waals surface area contributed by atoms with Crippen LogP contribution >= 0.6 is 0 Å². The third kappa shape index (κ3) is 2.47. The maximum atomic E-state index is 5.39. The molecule has 0 fully saturated rings. The number of rotatable bonds is 2. The zero-order valence-electron chi connectivity index (χ0n) is 9.72. The Kier molecular flexibility index (Phi) is 3.14. The van der Waals surface area contributed by atoms with Crippen molar-refractivity contribution in [3.63, 3.8) is 0 Å². The number of hydrogen-bond donors (Lipinski definition) is 0. The molecule has 1 heterocycles. The lowest BCUT2D eigenvalue weighted by Gasteiger charge is -2.19. The monoisotopic (exact) mass is 193 g/mol. The second kappa shape index (κ2) is 3.99. The first-order valence-electron chi connectivity index (χ1n) is 5.05. The Labute approximate surface area is 86.3 Å². The van der Waals surface area contributed by atoms with Crippen LogP contribution in [0.4, 0.5) is 0 Å². The van der Waals surface area contributed by atoms with Crippen LogP contribution < -0.4 is 4.74 Å². The van der Waals surface area contributed by atoms with E-state index in [-0.39, 0.29) is 5.41 Å². The van der Waals surface area contributed by atoms with Gasteiger partial charge in [-0.2, -0.15) is 0 Å². The van der Waals surface area contributed by atoms with Gasteiger partial charge < -0.3 is 4.74 Å². The molecule has 0 amide bonds. The van der Waals surface area contributed by atoms with Crippen LogP contribution in [0.25, 0.3) is 0 Å². The molecule has 0 unspecified atom stereocenters. The summed E-state index contributed by atoms with van der Waals surface area (Å²) in [6.07, 6.45) is 1.90. The van der Waals surface area contributed by atoms with Crippen LogP contribution in [-0.2, 0) is 5.41 Å². The van der Waals surface area contributed by atoms with Crippen molar-refractivity contribution in [1.29, 1.82) is 0 Å². The summed E-state index contributed by atoms with van der Waals surface area (Å²) in [6.45, 7) is 11.2. The number of hydrogen-bond acceptors (Lipinski definition) is 2. The Bertz CT molecular complexity index is 313. The largest absolute Gasteiger partial charge is 0.478 e. The van der Waals surface area contributed by atoms with Crippen molar-refractivity contribution in [2.75, 3.05) is 6.61 Å². The standard InChI is InChI=1S/C12H19NO/c1-6-14-11-9(2)7-10(8-13-11)12(3,4)5/h7-8H,6H2,1-5H3. The fraction of sp³-hybridized carbons (Fsp3) is 0.583. The molecule has 14 heavy (non-hydrogen) atoms. The van der Waals surface area contributed by atoms with Gasteiger partial charge >= 0.3 is 0 Å². The van der Waals surface area contributed by atoms with Gasteiger partial charge in [0.25, 0.3) is 0 Å². The average molecular weight is 193 g/mol. The molecule has 0 aliphatic heterocycles. The summed E-state index contributed by atoms with van der Waals surface area (Å²) in [6, 6.07) is 2.15. The zero-order valence-corrected chi connectivity index (χ0v) is 9.72. The first kappa shape index (κ1) is 11.0. The Morgan fingerprint density at radius 2 is 2.00 bits per heavy atom. The molecule has 2 heteroatoms. The topological polar surface area (TPSA) is 22.1 Å². The van der Waals surface area contributed by atoms with Crippen LogP contribution in [0, 0.1) is 6.92 Å². The Balaban J connectivity index is 3.01. The molecule has 78 valence electrons. The fourth-order valence-corrected chi connectivity index (χ4v) is 1.26. The highest BCUT2D eigenvalue weighted by Gasteiger charge is 2.15. The van der Waals surface area contributed by atoms with E-state index in [4.69, 9.17) is 4.74 Å². The number of nitrogens with zero attached hydrogens (tertiary/aromatic N) is 1. The fourth-order valence-electron chi connectivity index (χ4n) is 1.26. The van der Waals surface area contributed by atoms with Crippen molar-refractivity contribution in [2.24, 2.45) is 0 Å². The van der Waals surface area contributed by atoms with Gasteiger partial charge in [-0.25, -0.2) is 4.98 Å². The normalized spacial score (nSPS) is 11.5. The smallest absolute Gasteiger partial charge is 0.216 e. The van der Waals surface area contributed by atoms with E-state index >= 15 is 0 Å².